The molecule has 4 heterocycles. The number of hydrogen-bond acceptors (Lipinski definition) is 6. The molecule has 1 aromatic carbocycles. The number of amides is 1. The fraction of sp³-hybridized carbons (Fsp3) is 0.350. The van der Waals surface area contributed by atoms with Gasteiger partial charge in [-0.15, -0.1) is 0 Å². The van der Waals surface area contributed by atoms with Crippen molar-refractivity contribution < 1.29 is 22.4 Å². The van der Waals surface area contributed by atoms with Gasteiger partial charge in [0, 0.05) is 31.2 Å². The molecule has 12 heteroatoms. The first kappa shape index (κ1) is 20.3. The summed E-state index contributed by atoms with van der Waals surface area (Å²) in [6, 6.07) is 4.83. The summed E-state index contributed by atoms with van der Waals surface area (Å²) in [5.74, 6) is -1.19. The van der Waals surface area contributed by atoms with Gasteiger partial charge in [0.05, 0.1) is 18.4 Å². The maximum absolute atomic E-state index is 14.6. The first-order chi connectivity index (χ1) is 15.2. The van der Waals surface area contributed by atoms with Crippen LogP contribution < -0.4 is 4.90 Å². The third-order valence-electron chi connectivity index (χ3n) is 5.75. The highest BCUT2D eigenvalue weighted by Gasteiger charge is 2.49. The van der Waals surface area contributed by atoms with E-state index in [-0.39, 0.29) is 41.4 Å². The van der Waals surface area contributed by atoms with Crippen LogP contribution in [0.2, 0.25) is 0 Å². The first-order valence-corrected chi connectivity index (χ1v) is 9.86. The molecule has 2 aliphatic rings. The Bertz CT molecular complexity index is 1180. The largest absolute Gasteiger partial charge is 0.433 e. The molecule has 3 aromatic rings. The van der Waals surface area contributed by atoms with Gasteiger partial charge in [0.15, 0.2) is 0 Å². The number of carbonyl (C=O) groups is 1. The van der Waals surface area contributed by atoms with Gasteiger partial charge in [-0.25, -0.2) is 14.4 Å². The summed E-state index contributed by atoms with van der Waals surface area (Å²) in [4.78, 5) is 25.4. The quantitative estimate of drug-likeness (QED) is 0.574. The van der Waals surface area contributed by atoms with Gasteiger partial charge >= 0.3 is 6.18 Å². The van der Waals surface area contributed by atoms with Crippen molar-refractivity contribution >= 4 is 11.9 Å². The molecule has 0 spiro atoms. The van der Waals surface area contributed by atoms with Crippen molar-refractivity contribution in [2.45, 2.75) is 19.1 Å². The topological polar surface area (TPSA) is 80.0 Å². The van der Waals surface area contributed by atoms with Crippen LogP contribution in [0.15, 0.2) is 36.7 Å². The third-order valence-corrected chi connectivity index (χ3v) is 5.75. The van der Waals surface area contributed by atoms with E-state index >= 15 is 0 Å². The van der Waals surface area contributed by atoms with Crippen molar-refractivity contribution in [3.63, 3.8) is 0 Å². The van der Waals surface area contributed by atoms with E-state index < -0.39 is 23.6 Å². The fourth-order valence-electron chi connectivity index (χ4n) is 4.25. The molecule has 2 aromatic heterocycles. The molecule has 2 saturated heterocycles. The molecule has 0 N–H and O–H groups in total. The Balaban J connectivity index is 1.39. The number of nitrogens with zero attached hydrogens (tertiary/aromatic N) is 7. The number of anilines is 1. The zero-order valence-electron chi connectivity index (χ0n) is 16.8. The molecule has 2 fully saturated rings. The number of aromatic nitrogens is 5. The second kappa shape index (κ2) is 7.24. The summed E-state index contributed by atoms with van der Waals surface area (Å²) in [6.45, 7) is 2.52. The van der Waals surface area contributed by atoms with E-state index in [1.807, 2.05) is 0 Å². The molecule has 2 aliphatic heterocycles. The zero-order chi connectivity index (χ0) is 22.6. The summed E-state index contributed by atoms with van der Waals surface area (Å²) in [5, 5.41) is 7.96. The molecular weight excluding hydrogens is 430 g/mol. The van der Waals surface area contributed by atoms with Crippen molar-refractivity contribution in [2.75, 3.05) is 24.5 Å². The second-order valence-corrected chi connectivity index (χ2v) is 7.83. The summed E-state index contributed by atoms with van der Waals surface area (Å²) < 4.78 is 54.1. The van der Waals surface area contributed by atoms with Gasteiger partial charge < -0.3 is 9.80 Å². The lowest BCUT2D eigenvalue weighted by Crippen LogP contribution is -2.58. The van der Waals surface area contributed by atoms with Crippen LogP contribution >= 0.6 is 0 Å². The minimum Gasteiger partial charge on any atom is -0.338 e. The van der Waals surface area contributed by atoms with Gasteiger partial charge in [-0.1, -0.05) is 6.07 Å². The van der Waals surface area contributed by atoms with Crippen molar-refractivity contribution in [1.82, 2.24) is 29.9 Å². The molecule has 5 rings (SSSR count). The molecule has 1 amide bonds. The molecule has 8 nitrogen and oxygen atoms in total. The molecule has 32 heavy (non-hydrogen) atoms. The summed E-state index contributed by atoms with van der Waals surface area (Å²) in [5.41, 5.74) is -0.728. The highest BCUT2D eigenvalue weighted by Crippen LogP contribution is 2.37. The number of likely N-dealkylation sites (tertiary alicyclic amines) is 1. The van der Waals surface area contributed by atoms with Crippen LogP contribution in [0.25, 0.3) is 5.69 Å². The van der Waals surface area contributed by atoms with Gasteiger partial charge in [0.1, 0.15) is 22.8 Å². The maximum atomic E-state index is 14.6. The van der Waals surface area contributed by atoms with Crippen LogP contribution in [-0.4, -0.2) is 61.4 Å². The van der Waals surface area contributed by atoms with E-state index in [0.717, 1.165) is 6.07 Å². The predicted molar refractivity (Wildman–Crippen MR) is 104 cm³/mol. The number of hydrogen-bond donors (Lipinski definition) is 0. The van der Waals surface area contributed by atoms with Gasteiger partial charge in [0.25, 0.3) is 5.91 Å². The van der Waals surface area contributed by atoms with Gasteiger partial charge in [-0.05, 0) is 25.1 Å². The smallest absolute Gasteiger partial charge is 0.338 e. The number of aryl methyl sites for hydroxylation is 1. The average Bonchev–Trinajstić information content (AvgIpc) is 3.36. The number of halogens is 4. The van der Waals surface area contributed by atoms with Crippen LogP contribution in [0.4, 0.5) is 23.5 Å². The lowest BCUT2D eigenvalue weighted by Gasteiger charge is -2.43. The Morgan fingerprint density at radius 1 is 1.09 bits per heavy atom. The molecule has 0 bridgehead atoms. The first-order valence-electron chi connectivity index (χ1n) is 9.86. The Morgan fingerprint density at radius 2 is 1.84 bits per heavy atom. The van der Waals surface area contributed by atoms with E-state index in [1.165, 1.54) is 41.1 Å². The van der Waals surface area contributed by atoms with Crippen LogP contribution in [0, 0.1) is 18.7 Å². The molecule has 0 aliphatic carbocycles. The van der Waals surface area contributed by atoms with E-state index in [1.54, 1.807) is 11.0 Å². The summed E-state index contributed by atoms with van der Waals surface area (Å²) >= 11 is 0. The van der Waals surface area contributed by atoms with E-state index in [9.17, 15) is 22.4 Å². The zero-order valence-corrected chi connectivity index (χ0v) is 16.8. The minimum absolute atomic E-state index is 0.0218. The van der Waals surface area contributed by atoms with Crippen molar-refractivity contribution in [3.05, 3.63) is 59.4 Å². The normalized spacial score (nSPS) is 20.3. The Labute approximate surface area is 179 Å². The number of alkyl halides is 3. The van der Waals surface area contributed by atoms with Gasteiger partial charge in [-0.3, -0.25) is 4.79 Å². The van der Waals surface area contributed by atoms with Crippen LogP contribution in [0.3, 0.4) is 0 Å². The summed E-state index contributed by atoms with van der Waals surface area (Å²) in [6.07, 6.45) is -1.74. The monoisotopic (exact) mass is 447 g/mol. The molecule has 2 atom stereocenters. The lowest BCUT2D eigenvalue weighted by molar-refractivity contribution is -0.141. The van der Waals surface area contributed by atoms with Crippen LogP contribution in [0.5, 0.6) is 0 Å². The highest BCUT2D eigenvalue weighted by molar-refractivity contribution is 5.98. The van der Waals surface area contributed by atoms with Crippen LogP contribution in [-0.2, 0) is 6.18 Å². The van der Waals surface area contributed by atoms with Crippen molar-refractivity contribution in [3.8, 4) is 5.69 Å². The minimum atomic E-state index is -4.58. The molecule has 2 unspecified atom stereocenters. The third kappa shape index (κ3) is 3.35. The molecule has 0 saturated carbocycles. The molecule has 0 radical (unpaired) electrons. The molecule has 166 valence electrons. The Morgan fingerprint density at radius 3 is 2.56 bits per heavy atom. The maximum Gasteiger partial charge on any atom is 0.433 e. The second-order valence-electron chi connectivity index (χ2n) is 7.83. The standard InChI is InChI=1S/C20H17F4N7O/c1-11-7-16(20(22,23)24)28-19(27-11)29-8-12-9-30(15(12)10-29)18(32)17-13(21)3-2-4-14(17)31-25-5-6-26-31/h2-7,12,15H,8-10H2,1H3. The van der Waals surface area contributed by atoms with Crippen LogP contribution in [0.1, 0.15) is 21.7 Å². The average molecular weight is 447 g/mol. The Hall–Kier alpha value is -3.57. The number of rotatable bonds is 3. The van der Waals surface area contributed by atoms with Gasteiger partial charge in [0.2, 0.25) is 5.95 Å². The number of carbonyl (C=O) groups excluding carboxylic acids is 1. The molecular formula is C20H17F4N7O. The number of benzene rings is 1. The van der Waals surface area contributed by atoms with E-state index in [0.29, 0.717) is 13.1 Å². The summed E-state index contributed by atoms with van der Waals surface area (Å²) in [7, 11) is 0. The van der Waals surface area contributed by atoms with Gasteiger partial charge in [-0.2, -0.15) is 28.2 Å². The SMILES string of the molecule is Cc1cc(C(F)(F)F)nc(N2CC3CN(C(=O)c4c(F)cccc4-n4nccn4)C3C2)n1. The lowest BCUT2D eigenvalue weighted by atomic mass is 9.91. The van der Waals surface area contributed by atoms with E-state index in [2.05, 4.69) is 20.2 Å². The Kier molecular flexibility index (Phi) is 4.60. The van der Waals surface area contributed by atoms with Crippen molar-refractivity contribution in [2.24, 2.45) is 5.92 Å². The highest BCUT2D eigenvalue weighted by atomic mass is 19.4. The number of fused-ring (bicyclic) bond motifs is 1. The fourth-order valence-corrected chi connectivity index (χ4v) is 4.25. The predicted octanol–water partition coefficient (Wildman–Crippen LogP) is 2.48. The van der Waals surface area contributed by atoms with E-state index in [4.69, 9.17) is 0 Å². The van der Waals surface area contributed by atoms with Crippen molar-refractivity contribution in [1.29, 1.82) is 0 Å².